The Morgan fingerprint density at radius 3 is 2.60 bits per heavy atom. The molecule has 2 aromatic rings. The second-order valence-corrected chi connectivity index (χ2v) is 8.50. The van der Waals surface area contributed by atoms with Crippen LogP contribution in [0.3, 0.4) is 0 Å². The van der Waals surface area contributed by atoms with Gasteiger partial charge in [0.25, 0.3) is 5.91 Å². The van der Waals surface area contributed by atoms with E-state index < -0.39 is 6.10 Å². The molecule has 0 aliphatic carbocycles. The maximum atomic E-state index is 13.0. The molecule has 30 heavy (non-hydrogen) atoms. The summed E-state index contributed by atoms with van der Waals surface area (Å²) in [7, 11) is 0. The lowest BCUT2D eigenvalue weighted by molar-refractivity contribution is -0.140. The Morgan fingerprint density at radius 2 is 1.97 bits per heavy atom. The number of piperidine rings is 1. The van der Waals surface area contributed by atoms with Crippen LogP contribution in [0.5, 0.6) is 5.75 Å². The van der Waals surface area contributed by atoms with Crippen LogP contribution in [0.1, 0.15) is 37.8 Å². The SMILES string of the molecule is CCc1cc(=O)oc2cc(C)cc(OC(C)C(=O)N3CCC(N4CC(O)C4)CC3)c12. The molecule has 1 aromatic heterocycles. The lowest BCUT2D eigenvalue weighted by Crippen LogP contribution is -2.58. The summed E-state index contributed by atoms with van der Waals surface area (Å²) < 4.78 is 11.5. The van der Waals surface area contributed by atoms with E-state index in [1.54, 1.807) is 6.92 Å². The van der Waals surface area contributed by atoms with E-state index in [0.29, 0.717) is 36.9 Å². The minimum absolute atomic E-state index is 0.0258. The van der Waals surface area contributed by atoms with Crippen molar-refractivity contribution in [1.82, 2.24) is 9.80 Å². The molecule has 0 bridgehead atoms. The highest BCUT2D eigenvalue weighted by atomic mass is 16.5. The molecule has 3 heterocycles. The van der Waals surface area contributed by atoms with Gasteiger partial charge in [0.1, 0.15) is 11.3 Å². The number of hydrogen-bond donors (Lipinski definition) is 1. The van der Waals surface area contributed by atoms with Crippen LogP contribution in [0.25, 0.3) is 11.0 Å². The topological polar surface area (TPSA) is 83.2 Å². The summed E-state index contributed by atoms with van der Waals surface area (Å²) in [5.41, 5.74) is 1.88. The number of aryl methyl sites for hydroxylation is 2. The molecule has 2 fully saturated rings. The predicted octanol–water partition coefficient (Wildman–Crippen LogP) is 2.10. The minimum Gasteiger partial charge on any atom is -0.480 e. The fourth-order valence-electron chi connectivity index (χ4n) is 4.58. The van der Waals surface area contributed by atoms with Crippen LogP contribution < -0.4 is 10.4 Å². The van der Waals surface area contributed by atoms with Crippen LogP contribution in [-0.2, 0) is 11.2 Å². The summed E-state index contributed by atoms with van der Waals surface area (Å²) in [4.78, 5) is 29.0. The smallest absolute Gasteiger partial charge is 0.336 e. The predicted molar refractivity (Wildman–Crippen MR) is 114 cm³/mol. The number of hydrogen-bond acceptors (Lipinski definition) is 6. The van der Waals surface area contributed by atoms with E-state index in [4.69, 9.17) is 9.15 Å². The molecule has 1 atom stereocenters. The normalized spacial score (nSPS) is 19.7. The van der Waals surface area contributed by atoms with E-state index in [1.807, 2.05) is 30.9 Å². The summed E-state index contributed by atoms with van der Waals surface area (Å²) in [5, 5.41) is 10.3. The van der Waals surface area contributed by atoms with Gasteiger partial charge < -0.3 is 19.2 Å². The third kappa shape index (κ3) is 4.09. The maximum Gasteiger partial charge on any atom is 0.336 e. The van der Waals surface area contributed by atoms with Gasteiger partial charge in [-0.05, 0) is 56.4 Å². The average Bonchev–Trinajstić information content (AvgIpc) is 2.69. The van der Waals surface area contributed by atoms with Crippen LogP contribution in [0.4, 0.5) is 0 Å². The van der Waals surface area contributed by atoms with Crippen LogP contribution in [-0.4, -0.2) is 65.2 Å². The summed E-state index contributed by atoms with van der Waals surface area (Å²) >= 11 is 0. The maximum absolute atomic E-state index is 13.0. The number of β-amino-alcohol motifs (C(OH)–C–C–N with tert-alkyl or cyclic N) is 1. The van der Waals surface area contributed by atoms with Crippen molar-refractivity contribution in [3.8, 4) is 5.75 Å². The number of benzene rings is 1. The van der Waals surface area contributed by atoms with Gasteiger partial charge in [-0.3, -0.25) is 9.69 Å². The standard InChI is InChI=1S/C23H30N2O5/c1-4-16-11-21(27)30-20-10-14(2)9-19(22(16)20)29-15(3)23(28)24-7-5-17(6-8-24)25-12-18(26)13-25/h9-11,15,17-18,26H,4-8,12-13H2,1-3H3. The van der Waals surface area contributed by atoms with Gasteiger partial charge in [0.2, 0.25) is 0 Å². The highest BCUT2D eigenvalue weighted by Gasteiger charge is 2.35. The lowest BCUT2D eigenvalue weighted by Gasteiger charge is -2.45. The molecule has 2 saturated heterocycles. The molecule has 0 spiro atoms. The Kier molecular flexibility index (Phi) is 5.84. The van der Waals surface area contributed by atoms with Crippen LogP contribution in [0, 0.1) is 6.92 Å². The van der Waals surface area contributed by atoms with Gasteiger partial charge in [0.05, 0.1) is 11.5 Å². The minimum atomic E-state index is -0.631. The van der Waals surface area contributed by atoms with Crippen molar-refractivity contribution < 1.29 is 19.1 Å². The molecule has 2 aliphatic heterocycles. The molecule has 1 N–H and O–H groups in total. The third-order valence-corrected chi connectivity index (χ3v) is 6.25. The van der Waals surface area contributed by atoms with Crippen molar-refractivity contribution in [2.45, 2.75) is 58.3 Å². The summed E-state index contributed by atoms with van der Waals surface area (Å²) in [5.74, 6) is 0.554. The number of ether oxygens (including phenoxy) is 1. The molecule has 1 unspecified atom stereocenters. The zero-order chi connectivity index (χ0) is 21.4. The van der Waals surface area contributed by atoms with E-state index in [1.165, 1.54) is 6.07 Å². The largest absolute Gasteiger partial charge is 0.480 e. The number of fused-ring (bicyclic) bond motifs is 1. The van der Waals surface area contributed by atoms with Crippen LogP contribution in [0.2, 0.25) is 0 Å². The Balaban J connectivity index is 1.47. The monoisotopic (exact) mass is 414 g/mol. The van der Waals surface area contributed by atoms with Crippen molar-refractivity contribution in [3.63, 3.8) is 0 Å². The first-order valence-corrected chi connectivity index (χ1v) is 10.8. The van der Waals surface area contributed by atoms with E-state index in [-0.39, 0.29) is 17.6 Å². The molecular formula is C23H30N2O5. The van der Waals surface area contributed by atoms with Gasteiger partial charge >= 0.3 is 5.63 Å². The first-order valence-electron chi connectivity index (χ1n) is 10.8. The highest BCUT2D eigenvalue weighted by Crippen LogP contribution is 2.31. The van der Waals surface area contributed by atoms with Gasteiger partial charge in [-0.2, -0.15) is 0 Å². The highest BCUT2D eigenvalue weighted by molar-refractivity contribution is 5.88. The second kappa shape index (κ2) is 8.40. The van der Waals surface area contributed by atoms with Gasteiger partial charge in [-0.25, -0.2) is 4.79 Å². The number of likely N-dealkylation sites (tertiary alicyclic amines) is 2. The lowest BCUT2D eigenvalue weighted by atomic mass is 9.98. The Labute approximate surface area is 176 Å². The molecule has 1 amide bonds. The summed E-state index contributed by atoms with van der Waals surface area (Å²) in [6, 6.07) is 5.66. The van der Waals surface area contributed by atoms with Crippen molar-refractivity contribution in [2.75, 3.05) is 26.2 Å². The number of aliphatic hydroxyl groups is 1. The number of nitrogens with zero attached hydrogens (tertiary/aromatic N) is 2. The van der Waals surface area contributed by atoms with Crippen molar-refractivity contribution in [1.29, 1.82) is 0 Å². The Bertz CT molecular complexity index is 987. The number of carbonyl (C=O) groups is 1. The number of amides is 1. The molecule has 4 rings (SSSR count). The fraction of sp³-hybridized carbons (Fsp3) is 0.565. The average molecular weight is 415 g/mol. The van der Waals surface area contributed by atoms with Gasteiger partial charge in [-0.15, -0.1) is 0 Å². The number of rotatable bonds is 5. The number of carbonyl (C=O) groups excluding carboxylic acids is 1. The molecule has 0 radical (unpaired) electrons. The molecule has 1 aromatic carbocycles. The Morgan fingerprint density at radius 1 is 1.27 bits per heavy atom. The van der Waals surface area contributed by atoms with E-state index in [9.17, 15) is 14.7 Å². The fourth-order valence-corrected chi connectivity index (χ4v) is 4.58. The number of aliphatic hydroxyl groups excluding tert-OH is 1. The van der Waals surface area contributed by atoms with Crippen molar-refractivity contribution in [2.24, 2.45) is 0 Å². The molecule has 2 aliphatic rings. The first kappa shape index (κ1) is 20.9. The molecule has 7 nitrogen and oxygen atoms in total. The summed E-state index contributed by atoms with van der Waals surface area (Å²) in [6.45, 7) is 8.56. The van der Waals surface area contributed by atoms with Crippen molar-refractivity contribution >= 4 is 16.9 Å². The second-order valence-electron chi connectivity index (χ2n) is 8.50. The van der Waals surface area contributed by atoms with Crippen molar-refractivity contribution in [3.05, 3.63) is 39.7 Å². The van der Waals surface area contributed by atoms with Gasteiger partial charge in [0, 0.05) is 38.3 Å². The molecule has 162 valence electrons. The van der Waals surface area contributed by atoms with Gasteiger partial charge in [-0.1, -0.05) is 6.92 Å². The van der Waals surface area contributed by atoms with E-state index >= 15 is 0 Å². The van der Waals surface area contributed by atoms with E-state index in [2.05, 4.69) is 4.90 Å². The van der Waals surface area contributed by atoms with Gasteiger partial charge in [0.15, 0.2) is 6.10 Å². The zero-order valence-corrected chi connectivity index (χ0v) is 17.9. The Hall–Kier alpha value is -2.38. The van der Waals surface area contributed by atoms with E-state index in [0.717, 1.165) is 42.4 Å². The summed E-state index contributed by atoms with van der Waals surface area (Å²) in [6.07, 6.45) is 1.68. The van der Waals surface area contributed by atoms with Crippen LogP contribution >= 0.6 is 0 Å². The zero-order valence-electron chi connectivity index (χ0n) is 17.9. The first-order chi connectivity index (χ1) is 14.4. The van der Waals surface area contributed by atoms with Crippen LogP contribution in [0.15, 0.2) is 27.4 Å². The third-order valence-electron chi connectivity index (χ3n) is 6.25. The molecule has 7 heteroatoms. The quantitative estimate of drug-likeness (QED) is 0.755. The molecular weight excluding hydrogens is 384 g/mol. The molecule has 0 saturated carbocycles.